The van der Waals surface area contributed by atoms with Crippen molar-refractivity contribution >= 4 is 5.91 Å². The van der Waals surface area contributed by atoms with Crippen LogP contribution < -0.4 is 0 Å². The summed E-state index contributed by atoms with van der Waals surface area (Å²) in [5, 5.41) is 0. The van der Waals surface area contributed by atoms with Gasteiger partial charge in [0.2, 0.25) is 5.91 Å². The molecule has 1 saturated heterocycles. The summed E-state index contributed by atoms with van der Waals surface area (Å²) in [5.41, 5.74) is 0. The third kappa shape index (κ3) is 2.26. The molecular weight excluding hydrogens is 142 g/mol. The maximum Gasteiger partial charge on any atom is 0.222 e. The highest BCUT2D eigenvalue weighted by Gasteiger charge is 2.18. The normalized spacial score (nSPS) is 17.1. The van der Waals surface area contributed by atoms with Gasteiger partial charge in [-0.05, 0) is 6.42 Å². The molecule has 0 aliphatic carbocycles. The standard InChI is InChI=1S/C8H13NO2/c1-2-11-7-6-9-5-3-4-8(9)10/h2H,1,3-7H2. The van der Waals surface area contributed by atoms with E-state index in [1.165, 1.54) is 6.26 Å². The van der Waals surface area contributed by atoms with Crippen molar-refractivity contribution in [2.24, 2.45) is 0 Å². The summed E-state index contributed by atoms with van der Waals surface area (Å²) in [5.74, 6) is 0.248. The van der Waals surface area contributed by atoms with Crippen LogP contribution in [0.1, 0.15) is 12.8 Å². The van der Waals surface area contributed by atoms with E-state index in [1.54, 1.807) is 0 Å². The van der Waals surface area contributed by atoms with Crippen molar-refractivity contribution in [2.75, 3.05) is 19.7 Å². The molecule has 0 radical (unpaired) electrons. The van der Waals surface area contributed by atoms with E-state index in [-0.39, 0.29) is 5.91 Å². The van der Waals surface area contributed by atoms with E-state index in [2.05, 4.69) is 6.58 Å². The van der Waals surface area contributed by atoms with E-state index >= 15 is 0 Å². The predicted octanol–water partition coefficient (Wildman–Crippen LogP) is 0.769. The summed E-state index contributed by atoms with van der Waals surface area (Å²) >= 11 is 0. The summed E-state index contributed by atoms with van der Waals surface area (Å²) in [7, 11) is 0. The Morgan fingerprint density at radius 1 is 1.73 bits per heavy atom. The fraction of sp³-hybridized carbons (Fsp3) is 0.625. The molecule has 1 fully saturated rings. The highest BCUT2D eigenvalue weighted by Crippen LogP contribution is 2.08. The van der Waals surface area contributed by atoms with Gasteiger partial charge in [0.15, 0.2) is 0 Å². The highest BCUT2D eigenvalue weighted by atomic mass is 16.5. The van der Waals surface area contributed by atoms with Gasteiger partial charge in [0.05, 0.1) is 12.8 Å². The zero-order chi connectivity index (χ0) is 8.10. The highest BCUT2D eigenvalue weighted by molar-refractivity contribution is 5.77. The second-order valence-corrected chi connectivity index (χ2v) is 2.52. The van der Waals surface area contributed by atoms with Crippen LogP contribution in [0.5, 0.6) is 0 Å². The SMILES string of the molecule is C=COCCN1CCCC1=O. The van der Waals surface area contributed by atoms with Crippen molar-refractivity contribution in [1.82, 2.24) is 4.90 Å². The quantitative estimate of drug-likeness (QED) is 0.443. The molecule has 0 aromatic heterocycles. The molecule has 0 atom stereocenters. The van der Waals surface area contributed by atoms with Gasteiger partial charge in [0.1, 0.15) is 6.61 Å². The molecule has 0 bridgehead atoms. The number of amides is 1. The minimum Gasteiger partial charge on any atom is -0.500 e. The molecule has 0 aromatic rings. The summed E-state index contributed by atoms with van der Waals surface area (Å²) in [6, 6.07) is 0. The molecule has 3 heteroatoms. The maximum atomic E-state index is 11.0. The largest absolute Gasteiger partial charge is 0.500 e. The number of carbonyl (C=O) groups excluding carboxylic acids is 1. The first-order valence-electron chi connectivity index (χ1n) is 3.85. The van der Waals surface area contributed by atoms with E-state index in [9.17, 15) is 4.79 Å². The van der Waals surface area contributed by atoms with Gasteiger partial charge in [-0.15, -0.1) is 0 Å². The van der Waals surface area contributed by atoms with E-state index in [4.69, 9.17) is 4.74 Å². The third-order valence-corrected chi connectivity index (χ3v) is 1.77. The molecule has 0 saturated carbocycles. The summed E-state index contributed by atoms with van der Waals surface area (Å²) in [6.07, 6.45) is 3.10. The minimum atomic E-state index is 0.248. The summed E-state index contributed by atoms with van der Waals surface area (Å²) in [6.45, 7) is 5.57. The Morgan fingerprint density at radius 3 is 3.09 bits per heavy atom. The van der Waals surface area contributed by atoms with Crippen molar-refractivity contribution in [2.45, 2.75) is 12.8 Å². The monoisotopic (exact) mass is 155 g/mol. The molecule has 1 amide bonds. The Kier molecular flexibility index (Phi) is 2.95. The summed E-state index contributed by atoms with van der Waals surface area (Å²) < 4.78 is 4.91. The first kappa shape index (κ1) is 8.11. The molecule has 1 heterocycles. The first-order valence-corrected chi connectivity index (χ1v) is 3.85. The molecular formula is C8H13NO2. The molecule has 1 rings (SSSR count). The number of rotatable bonds is 4. The van der Waals surface area contributed by atoms with Gasteiger partial charge < -0.3 is 9.64 Å². The van der Waals surface area contributed by atoms with Crippen molar-refractivity contribution in [3.05, 3.63) is 12.8 Å². The maximum absolute atomic E-state index is 11.0. The molecule has 0 spiro atoms. The second kappa shape index (κ2) is 4.01. The van der Waals surface area contributed by atoms with Crippen molar-refractivity contribution in [1.29, 1.82) is 0 Å². The lowest BCUT2D eigenvalue weighted by Crippen LogP contribution is -2.27. The molecule has 1 aliphatic rings. The number of ether oxygens (including phenoxy) is 1. The lowest BCUT2D eigenvalue weighted by molar-refractivity contribution is -0.128. The van der Waals surface area contributed by atoms with E-state index in [1.807, 2.05) is 4.90 Å². The third-order valence-electron chi connectivity index (χ3n) is 1.77. The van der Waals surface area contributed by atoms with Crippen LogP contribution in [0.15, 0.2) is 12.8 Å². The first-order chi connectivity index (χ1) is 5.34. The van der Waals surface area contributed by atoms with Gasteiger partial charge in [-0.1, -0.05) is 6.58 Å². The van der Waals surface area contributed by atoms with Crippen molar-refractivity contribution in [3.63, 3.8) is 0 Å². The van der Waals surface area contributed by atoms with Crippen LogP contribution in [0.2, 0.25) is 0 Å². The number of hydrogen-bond donors (Lipinski definition) is 0. The summed E-state index contributed by atoms with van der Waals surface area (Å²) in [4.78, 5) is 12.8. The van der Waals surface area contributed by atoms with Crippen LogP contribution in [0.25, 0.3) is 0 Å². The molecule has 0 aromatic carbocycles. The van der Waals surface area contributed by atoms with Crippen LogP contribution in [-0.4, -0.2) is 30.5 Å². The van der Waals surface area contributed by atoms with Crippen LogP contribution >= 0.6 is 0 Å². The number of hydrogen-bond acceptors (Lipinski definition) is 2. The van der Waals surface area contributed by atoms with Crippen molar-refractivity contribution in [3.8, 4) is 0 Å². The smallest absolute Gasteiger partial charge is 0.222 e. The van der Waals surface area contributed by atoms with Gasteiger partial charge in [-0.3, -0.25) is 4.79 Å². The van der Waals surface area contributed by atoms with Crippen LogP contribution in [0.4, 0.5) is 0 Å². The number of likely N-dealkylation sites (tertiary alicyclic amines) is 1. The topological polar surface area (TPSA) is 29.5 Å². The zero-order valence-corrected chi connectivity index (χ0v) is 6.58. The second-order valence-electron chi connectivity index (χ2n) is 2.52. The van der Waals surface area contributed by atoms with Crippen molar-refractivity contribution < 1.29 is 9.53 Å². The Labute approximate surface area is 66.6 Å². The van der Waals surface area contributed by atoms with Crippen LogP contribution in [-0.2, 0) is 9.53 Å². The van der Waals surface area contributed by atoms with Gasteiger partial charge in [-0.25, -0.2) is 0 Å². The Hall–Kier alpha value is -0.990. The predicted molar refractivity (Wildman–Crippen MR) is 42.0 cm³/mol. The number of nitrogens with zero attached hydrogens (tertiary/aromatic N) is 1. The zero-order valence-electron chi connectivity index (χ0n) is 6.58. The van der Waals surface area contributed by atoms with Gasteiger partial charge >= 0.3 is 0 Å². The van der Waals surface area contributed by atoms with Gasteiger partial charge in [0, 0.05) is 13.0 Å². The fourth-order valence-corrected chi connectivity index (χ4v) is 1.19. The van der Waals surface area contributed by atoms with E-state index in [0.29, 0.717) is 19.6 Å². The Balaban J connectivity index is 2.15. The van der Waals surface area contributed by atoms with Gasteiger partial charge in [0.25, 0.3) is 0 Å². The molecule has 0 N–H and O–H groups in total. The van der Waals surface area contributed by atoms with Gasteiger partial charge in [-0.2, -0.15) is 0 Å². The molecule has 1 aliphatic heterocycles. The van der Waals surface area contributed by atoms with Crippen LogP contribution in [0, 0.1) is 0 Å². The Morgan fingerprint density at radius 2 is 2.55 bits per heavy atom. The van der Waals surface area contributed by atoms with E-state index in [0.717, 1.165) is 13.0 Å². The van der Waals surface area contributed by atoms with Crippen LogP contribution in [0.3, 0.4) is 0 Å². The molecule has 0 unspecified atom stereocenters. The fourth-order valence-electron chi connectivity index (χ4n) is 1.19. The number of carbonyl (C=O) groups is 1. The lowest BCUT2D eigenvalue weighted by Gasteiger charge is -2.14. The minimum absolute atomic E-state index is 0.248. The molecule has 11 heavy (non-hydrogen) atoms. The Bertz CT molecular complexity index is 156. The lowest BCUT2D eigenvalue weighted by atomic mass is 10.4. The van der Waals surface area contributed by atoms with E-state index < -0.39 is 0 Å². The molecule has 3 nitrogen and oxygen atoms in total. The molecule has 62 valence electrons. The average Bonchev–Trinajstić information content (AvgIpc) is 2.37. The average molecular weight is 155 g/mol.